The second kappa shape index (κ2) is 7.12. The highest BCUT2D eigenvalue weighted by Gasteiger charge is 2.69. The maximum Gasteiger partial charge on any atom is 0.440 e. The van der Waals surface area contributed by atoms with Crippen LogP contribution in [0.3, 0.4) is 0 Å². The number of nitrogens with zero attached hydrogens (tertiary/aromatic N) is 1. The molecule has 0 aliphatic carbocycles. The van der Waals surface area contributed by atoms with E-state index in [1.54, 1.807) is 29.7 Å². The van der Waals surface area contributed by atoms with Crippen LogP contribution in [0.25, 0.3) is 0 Å². The van der Waals surface area contributed by atoms with E-state index in [1.807, 2.05) is 0 Å². The average molecular weight is 407 g/mol. The maximum atomic E-state index is 13.9. The first-order valence-corrected chi connectivity index (χ1v) is 8.36. The summed E-state index contributed by atoms with van der Waals surface area (Å²) in [5.41, 5.74) is -3.00. The second-order valence-corrected chi connectivity index (χ2v) is 6.34. The third kappa shape index (κ3) is 3.48. The Kier molecular flexibility index (Phi) is 4.95. The fourth-order valence-electron chi connectivity index (χ4n) is 2.79. The molecule has 2 aromatic rings. The van der Waals surface area contributed by atoms with Crippen molar-refractivity contribution in [1.29, 1.82) is 0 Å². The van der Waals surface area contributed by atoms with Crippen molar-refractivity contribution in [2.45, 2.75) is 18.8 Å². The van der Waals surface area contributed by atoms with Crippen molar-refractivity contribution >= 4 is 23.5 Å². The van der Waals surface area contributed by atoms with Crippen LogP contribution in [0.1, 0.15) is 15.9 Å². The number of alkyl halides is 3. The molecule has 0 radical (unpaired) electrons. The van der Waals surface area contributed by atoms with Gasteiger partial charge in [0.1, 0.15) is 5.75 Å². The molecule has 0 saturated carbocycles. The Balaban J connectivity index is 1.96. The SMILES string of the molecule is COc1ccc(C(=O)N[C@]2(C(F)(F)F)NC(=O)N(c3ccc(C)cc3)C2=O)cc1. The van der Waals surface area contributed by atoms with Gasteiger partial charge in [0.15, 0.2) is 0 Å². The van der Waals surface area contributed by atoms with Gasteiger partial charge in [-0.2, -0.15) is 13.2 Å². The number of nitrogens with one attached hydrogen (secondary N) is 2. The maximum absolute atomic E-state index is 13.9. The number of carbonyl (C=O) groups excluding carboxylic acids is 3. The van der Waals surface area contributed by atoms with Crippen LogP contribution < -0.4 is 20.3 Å². The van der Waals surface area contributed by atoms with E-state index in [4.69, 9.17) is 4.74 Å². The van der Waals surface area contributed by atoms with Crippen LogP contribution in [0.2, 0.25) is 0 Å². The number of hydrogen-bond donors (Lipinski definition) is 2. The number of benzene rings is 2. The Morgan fingerprint density at radius 3 is 2.17 bits per heavy atom. The molecule has 1 aliphatic rings. The summed E-state index contributed by atoms with van der Waals surface area (Å²) < 4.78 is 46.6. The van der Waals surface area contributed by atoms with Gasteiger partial charge in [0, 0.05) is 5.56 Å². The van der Waals surface area contributed by atoms with Crippen LogP contribution in [0, 0.1) is 6.92 Å². The fourth-order valence-corrected chi connectivity index (χ4v) is 2.79. The zero-order valence-electron chi connectivity index (χ0n) is 15.3. The number of amides is 4. The molecular weight excluding hydrogens is 391 g/mol. The number of imide groups is 1. The molecule has 0 unspecified atom stereocenters. The van der Waals surface area contributed by atoms with Crippen LogP contribution in [-0.4, -0.2) is 36.8 Å². The molecule has 0 spiro atoms. The number of carbonyl (C=O) groups is 3. The van der Waals surface area contributed by atoms with E-state index in [0.717, 1.165) is 5.56 Å². The van der Waals surface area contributed by atoms with E-state index in [0.29, 0.717) is 10.6 Å². The molecule has 1 heterocycles. The highest BCUT2D eigenvalue weighted by molar-refractivity contribution is 6.24. The lowest BCUT2D eigenvalue weighted by molar-refractivity contribution is -0.197. The number of aryl methyl sites for hydroxylation is 1. The summed E-state index contributed by atoms with van der Waals surface area (Å²) >= 11 is 0. The molecule has 0 aromatic heterocycles. The number of urea groups is 1. The van der Waals surface area contributed by atoms with Crippen LogP contribution in [0.4, 0.5) is 23.7 Å². The van der Waals surface area contributed by atoms with Crippen LogP contribution in [-0.2, 0) is 4.79 Å². The molecule has 2 aromatic carbocycles. The summed E-state index contributed by atoms with van der Waals surface area (Å²) in [6.45, 7) is 1.74. The summed E-state index contributed by atoms with van der Waals surface area (Å²) in [6, 6.07) is 9.68. The number of anilines is 1. The zero-order chi connectivity index (χ0) is 21.4. The fraction of sp³-hybridized carbons (Fsp3) is 0.211. The van der Waals surface area contributed by atoms with Gasteiger partial charge in [-0.3, -0.25) is 14.9 Å². The molecule has 1 fully saturated rings. The lowest BCUT2D eigenvalue weighted by Crippen LogP contribution is -2.69. The Morgan fingerprint density at radius 2 is 1.66 bits per heavy atom. The van der Waals surface area contributed by atoms with Crippen LogP contribution in [0.15, 0.2) is 48.5 Å². The molecule has 29 heavy (non-hydrogen) atoms. The first kappa shape index (κ1) is 20.2. The van der Waals surface area contributed by atoms with E-state index in [1.165, 1.54) is 43.5 Å². The van der Waals surface area contributed by atoms with Gasteiger partial charge in [0.05, 0.1) is 12.8 Å². The van der Waals surface area contributed by atoms with E-state index >= 15 is 0 Å². The van der Waals surface area contributed by atoms with E-state index < -0.39 is 29.7 Å². The number of rotatable bonds is 4. The quantitative estimate of drug-likeness (QED) is 0.763. The molecule has 3 rings (SSSR count). The van der Waals surface area contributed by atoms with Gasteiger partial charge in [0.25, 0.3) is 17.5 Å². The predicted octanol–water partition coefficient (Wildman–Crippen LogP) is 2.75. The number of ether oxygens (including phenoxy) is 1. The molecule has 7 nitrogen and oxygen atoms in total. The molecule has 152 valence electrons. The average Bonchev–Trinajstić information content (AvgIpc) is 2.93. The summed E-state index contributed by atoms with van der Waals surface area (Å²) in [5, 5.41) is 3.25. The molecule has 10 heteroatoms. The first-order chi connectivity index (χ1) is 13.6. The highest BCUT2D eigenvalue weighted by atomic mass is 19.4. The first-order valence-electron chi connectivity index (χ1n) is 8.36. The van der Waals surface area contributed by atoms with Crippen molar-refractivity contribution in [3.8, 4) is 5.75 Å². The Labute approximate surface area is 163 Å². The van der Waals surface area contributed by atoms with Crippen molar-refractivity contribution in [3.05, 3.63) is 59.7 Å². The van der Waals surface area contributed by atoms with Crippen LogP contribution >= 0.6 is 0 Å². The minimum Gasteiger partial charge on any atom is -0.497 e. The topological polar surface area (TPSA) is 87.7 Å². The van der Waals surface area contributed by atoms with Gasteiger partial charge in [-0.15, -0.1) is 0 Å². The Hall–Kier alpha value is -3.56. The van der Waals surface area contributed by atoms with Crippen molar-refractivity contribution < 1.29 is 32.3 Å². The van der Waals surface area contributed by atoms with E-state index in [-0.39, 0.29) is 11.3 Å². The van der Waals surface area contributed by atoms with Crippen LogP contribution in [0.5, 0.6) is 5.75 Å². The third-order valence-electron chi connectivity index (χ3n) is 4.39. The number of hydrogen-bond acceptors (Lipinski definition) is 4. The Morgan fingerprint density at radius 1 is 1.07 bits per heavy atom. The molecule has 2 N–H and O–H groups in total. The van der Waals surface area contributed by atoms with E-state index in [9.17, 15) is 27.6 Å². The van der Waals surface area contributed by atoms with Crippen molar-refractivity contribution in [3.63, 3.8) is 0 Å². The molecule has 1 atom stereocenters. The highest BCUT2D eigenvalue weighted by Crippen LogP contribution is 2.36. The summed E-state index contributed by atoms with van der Waals surface area (Å²) in [6.07, 6.45) is -5.29. The molecular formula is C19H16F3N3O4. The summed E-state index contributed by atoms with van der Waals surface area (Å²) in [5.74, 6) is -2.45. The zero-order valence-corrected chi connectivity index (χ0v) is 15.3. The molecule has 4 amide bonds. The Bertz CT molecular complexity index is 958. The monoisotopic (exact) mass is 407 g/mol. The molecule has 1 saturated heterocycles. The molecule has 0 bridgehead atoms. The lowest BCUT2D eigenvalue weighted by atomic mass is 10.1. The summed E-state index contributed by atoms with van der Waals surface area (Å²) in [7, 11) is 1.39. The number of halogens is 3. The minimum atomic E-state index is -5.29. The molecule has 1 aliphatic heterocycles. The lowest BCUT2D eigenvalue weighted by Gasteiger charge is -2.29. The third-order valence-corrected chi connectivity index (χ3v) is 4.39. The standard InChI is InChI=1S/C19H16F3N3O4/c1-11-3-7-13(8-4-11)25-16(27)18(19(20,21)22,24-17(25)28)23-15(26)12-5-9-14(29-2)10-6-12/h3-10H,1-2H3,(H,23,26)(H,24,28)/t18-/m0/s1. The van der Waals surface area contributed by atoms with Crippen molar-refractivity contribution in [1.82, 2.24) is 10.6 Å². The summed E-state index contributed by atoms with van der Waals surface area (Å²) in [4.78, 5) is 37.8. The number of methoxy groups -OCH3 is 1. The van der Waals surface area contributed by atoms with Gasteiger partial charge in [-0.25, -0.2) is 9.69 Å². The van der Waals surface area contributed by atoms with Crippen molar-refractivity contribution in [2.24, 2.45) is 0 Å². The van der Waals surface area contributed by atoms with Gasteiger partial charge in [-0.05, 0) is 43.3 Å². The van der Waals surface area contributed by atoms with Gasteiger partial charge in [-0.1, -0.05) is 17.7 Å². The van der Waals surface area contributed by atoms with Gasteiger partial charge >= 0.3 is 12.2 Å². The largest absolute Gasteiger partial charge is 0.497 e. The smallest absolute Gasteiger partial charge is 0.440 e. The van der Waals surface area contributed by atoms with Crippen molar-refractivity contribution in [2.75, 3.05) is 12.0 Å². The van der Waals surface area contributed by atoms with E-state index in [2.05, 4.69) is 0 Å². The van der Waals surface area contributed by atoms with Gasteiger partial charge < -0.3 is 10.1 Å². The second-order valence-electron chi connectivity index (χ2n) is 6.34. The predicted molar refractivity (Wildman–Crippen MR) is 96.4 cm³/mol. The normalized spacial score (nSPS) is 19.1. The van der Waals surface area contributed by atoms with Gasteiger partial charge in [0.2, 0.25) is 0 Å². The minimum absolute atomic E-state index is 0.0529.